The third-order valence-electron chi connectivity index (χ3n) is 5.95. The van der Waals surface area contributed by atoms with Crippen molar-refractivity contribution in [3.8, 4) is 34.8 Å². The highest BCUT2D eigenvalue weighted by molar-refractivity contribution is 7.93. The Kier molecular flexibility index (Phi) is 7.38. The van der Waals surface area contributed by atoms with Gasteiger partial charge in [0.2, 0.25) is 21.8 Å². The van der Waals surface area contributed by atoms with Crippen molar-refractivity contribution < 1.29 is 27.4 Å². The number of furan rings is 1. The number of nitrogens with zero attached hydrogens (tertiary/aromatic N) is 5. The van der Waals surface area contributed by atoms with Crippen LogP contribution in [0, 0.1) is 25.2 Å². The molecule has 0 amide bonds. The van der Waals surface area contributed by atoms with Crippen LogP contribution in [0.1, 0.15) is 35.7 Å². The fourth-order valence-corrected chi connectivity index (χ4v) is 4.87. The number of rotatable bonds is 9. The molecule has 0 aliphatic rings. The summed E-state index contributed by atoms with van der Waals surface area (Å²) in [5, 5.41) is 26.9. The average molecular weight is 539 g/mol. The largest absolute Gasteiger partial charge is 0.494 e. The molecule has 0 aliphatic carbocycles. The summed E-state index contributed by atoms with van der Waals surface area (Å²) in [7, 11) is -1.33. The van der Waals surface area contributed by atoms with Crippen molar-refractivity contribution in [2.45, 2.75) is 32.1 Å². The summed E-state index contributed by atoms with van der Waals surface area (Å²) in [6, 6.07) is 13.4. The Morgan fingerprint density at radius 3 is 2.32 bits per heavy atom. The lowest BCUT2D eigenvalue weighted by Crippen LogP contribution is -2.32. The van der Waals surface area contributed by atoms with E-state index in [1.165, 1.54) is 37.8 Å². The maximum Gasteiger partial charge on any atom is 0.243 e. The number of hydrogen-bond donors (Lipinski definition) is 2. The van der Waals surface area contributed by atoms with Gasteiger partial charge in [-0.15, -0.1) is 10.2 Å². The van der Waals surface area contributed by atoms with Crippen LogP contribution in [0.25, 0.3) is 17.3 Å². The molecule has 0 saturated carbocycles. The highest BCUT2D eigenvalue weighted by Crippen LogP contribution is 2.38. The maximum atomic E-state index is 13.4. The van der Waals surface area contributed by atoms with Crippen LogP contribution in [0.3, 0.4) is 0 Å². The van der Waals surface area contributed by atoms with Crippen LogP contribution in [0.4, 0.5) is 5.95 Å². The smallest absolute Gasteiger partial charge is 0.243 e. The number of aliphatic hydroxyl groups is 1. The van der Waals surface area contributed by atoms with Crippen molar-refractivity contribution in [2.75, 3.05) is 18.9 Å². The number of methoxy groups -OCH3 is 2. The van der Waals surface area contributed by atoms with Gasteiger partial charge in [0.1, 0.15) is 40.4 Å². The van der Waals surface area contributed by atoms with Crippen LogP contribution in [-0.4, -0.2) is 52.7 Å². The lowest BCUT2D eigenvalue weighted by Gasteiger charge is -2.21. The first-order valence-electron chi connectivity index (χ1n) is 11.4. The lowest BCUT2D eigenvalue weighted by atomic mass is 10.1. The number of sulfonamides is 1. The minimum atomic E-state index is -4.26. The van der Waals surface area contributed by atoms with E-state index in [-0.39, 0.29) is 17.5 Å². The normalized spacial score (nSPS) is 13.0. The minimum Gasteiger partial charge on any atom is -0.494 e. The average Bonchev–Trinajstić information content (AvgIpc) is 3.52. The Labute approximate surface area is 219 Å². The van der Waals surface area contributed by atoms with Gasteiger partial charge in [-0.1, -0.05) is 6.07 Å². The van der Waals surface area contributed by atoms with E-state index in [2.05, 4.69) is 19.9 Å². The summed E-state index contributed by atoms with van der Waals surface area (Å²) < 4.78 is 47.6. The number of nitrogens with one attached hydrogen (secondary N) is 1. The monoisotopic (exact) mass is 538 g/mol. The number of benzene rings is 1. The molecule has 13 heteroatoms. The molecule has 0 spiro atoms. The van der Waals surface area contributed by atoms with Crippen LogP contribution in [-0.2, 0) is 10.0 Å². The number of hydrogen-bond acceptors (Lipinski definition) is 10. The zero-order chi connectivity index (χ0) is 27.6. The molecule has 0 saturated heterocycles. The first kappa shape index (κ1) is 26.6. The van der Waals surface area contributed by atoms with Crippen molar-refractivity contribution in [1.82, 2.24) is 19.7 Å². The van der Waals surface area contributed by atoms with Gasteiger partial charge in [0.15, 0.2) is 5.76 Å². The molecule has 0 radical (unpaired) electrons. The van der Waals surface area contributed by atoms with Crippen LogP contribution in [0.15, 0.2) is 46.9 Å². The number of aliphatic hydroxyl groups excluding tert-OH is 1. The molecular formula is C25H26N6O6S. The van der Waals surface area contributed by atoms with Crippen molar-refractivity contribution in [3.63, 3.8) is 0 Å². The lowest BCUT2D eigenvalue weighted by molar-refractivity contribution is 0.171. The molecule has 0 fully saturated rings. The third-order valence-corrected chi connectivity index (χ3v) is 7.65. The number of aromatic nitrogens is 4. The summed E-state index contributed by atoms with van der Waals surface area (Å²) in [5.74, 6) is 1.68. The van der Waals surface area contributed by atoms with Gasteiger partial charge in [-0.2, -0.15) is 5.26 Å². The summed E-state index contributed by atoms with van der Waals surface area (Å²) in [4.78, 5) is 4.20. The van der Waals surface area contributed by atoms with Gasteiger partial charge in [-0.25, -0.2) is 8.42 Å². The van der Waals surface area contributed by atoms with Gasteiger partial charge >= 0.3 is 0 Å². The van der Waals surface area contributed by atoms with E-state index < -0.39 is 21.4 Å². The zero-order valence-electron chi connectivity index (χ0n) is 21.3. The zero-order valence-corrected chi connectivity index (χ0v) is 22.1. The summed E-state index contributed by atoms with van der Waals surface area (Å²) in [6.45, 7) is 4.70. The molecule has 2 N–H and O–H groups in total. The second-order valence-electron chi connectivity index (χ2n) is 8.38. The van der Waals surface area contributed by atoms with Crippen molar-refractivity contribution >= 4 is 16.0 Å². The fraction of sp³-hybridized carbons (Fsp3) is 0.280. The van der Waals surface area contributed by atoms with Crippen LogP contribution < -0.4 is 14.2 Å². The molecule has 198 valence electrons. The van der Waals surface area contributed by atoms with E-state index in [0.29, 0.717) is 40.0 Å². The second kappa shape index (κ2) is 10.5. The van der Waals surface area contributed by atoms with Crippen molar-refractivity contribution in [3.05, 3.63) is 65.2 Å². The first-order chi connectivity index (χ1) is 18.1. The van der Waals surface area contributed by atoms with E-state index in [0.717, 1.165) is 0 Å². The van der Waals surface area contributed by atoms with Gasteiger partial charge in [-0.3, -0.25) is 14.3 Å². The third kappa shape index (κ3) is 4.91. The van der Waals surface area contributed by atoms with Gasteiger partial charge in [0.05, 0.1) is 31.2 Å². The molecule has 0 unspecified atom stereocenters. The van der Waals surface area contributed by atoms with Crippen molar-refractivity contribution in [2.24, 2.45) is 0 Å². The number of anilines is 1. The maximum absolute atomic E-state index is 13.4. The molecule has 12 nitrogen and oxygen atoms in total. The highest BCUT2D eigenvalue weighted by Gasteiger charge is 2.33. The second-order valence-corrected chi connectivity index (χ2v) is 10.4. The predicted molar refractivity (Wildman–Crippen MR) is 138 cm³/mol. The molecule has 0 bridgehead atoms. The topological polar surface area (TPSA) is 165 Å². The quantitative estimate of drug-likeness (QED) is 0.323. The Balaban J connectivity index is 1.80. The molecule has 3 heterocycles. The van der Waals surface area contributed by atoms with Crippen LogP contribution in [0.5, 0.6) is 11.5 Å². The van der Waals surface area contributed by atoms with Gasteiger partial charge in [0, 0.05) is 0 Å². The number of ether oxygens (including phenoxy) is 2. The van der Waals surface area contributed by atoms with Crippen molar-refractivity contribution in [1.29, 1.82) is 5.26 Å². The number of para-hydroxylation sites is 1. The van der Waals surface area contributed by atoms with Crippen LogP contribution >= 0.6 is 0 Å². The summed E-state index contributed by atoms with van der Waals surface area (Å²) in [6.07, 6.45) is -1.50. The van der Waals surface area contributed by atoms with Gasteiger partial charge in [-0.05, 0) is 57.2 Å². The molecular weight excluding hydrogens is 512 g/mol. The Morgan fingerprint density at radius 2 is 1.76 bits per heavy atom. The fourth-order valence-electron chi connectivity index (χ4n) is 3.82. The first-order valence-corrected chi connectivity index (χ1v) is 13.0. The molecule has 4 rings (SSSR count). The van der Waals surface area contributed by atoms with E-state index in [1.54, 1.807) is 44.2 Å². The Hall–Kier alpha value is -4.41. The number of aryl methyl sites for hydroxylation is 2. The van der Waals surface area contributed by atoms with E-state index in [9.17, 15) is 13.5 Å². The Bertz CT molecular complexity index is 1600. The number of nitriles is 1. The predicted octanol–water partition coefficient (Wildman–Crippen LogP) is 3.29. The summed E-state index contributed by atoms with van der Waals surface area (Å²) in [5.41, 5.74) is 1.15. The molecule has 3 aromatic heterocycles. The summed E-state index contributed by atoms with van der Waals surface area (Å²) >= 11 is 0. The van der Waals surface area contributed by atoms with E-state index >= 15 is 0 Å². The highest BCUT2D eigenvalue weighted by atomic mass is 32.2. The minimum absolute atomic E-state index is 0.110. The molecule has 4 aromatic rings. The SMILES string of the molecule is COc1cccc(OC)c1-n1c(NS(=O)(=O)[C@H](C)[C@@H](O)c2ccc(C#N)c(C)n2)nnc1-c1ccc(C)o1. The number of pyridine rings is 1. The van der Waals surface area contributed by atoms with E-state index in [4.69, 9.17) is 19.2 Å². The van der Waals surface area contributed by atoms with E-state index in [1.807, 2.05) is 6.07 Å². The molecule has 0 aliphatic heterocycles. The van der Waals surface area contributed by atoms with Crippen LogP contribution in [0.2, 0.25) is 0 Å². The standard InChI is InChI=1S/C25H26N6O6S/c1-14-9-12-21(37-14)24-28-29-25(31(24)22-19(35-4)7-6-8-20(22)36-5)30-38(33,34)16(3)23(32)18-11-10-17(13-26)15(2)27-18/h6-12,16,23,32H,1-5H3,(H,29,30)/t16-,23-/m1/s1. The Morgan fingerprint density at radius 1 is 1.08 bits per heavy atom. The van der Waals surface area contributed by atoms with Gasteiger partial charge < -0.3 is 19.0 Å². The molecule has 1 aromatic carbocycles. The molecule has 2 atom stereocenters. The van der Waals surface area contributed by atoms with Gasteiger partial charge in [0.25, 0.3) is 0 Å². The molecule has 38 heavy (non-hydrogen) atoms.